The number of ether oxygens (including phenoxy) is 1. The topological polar surface area (TPSA) is 24.5 Å². The molecule has 3 heteroatoms. The number of nitrogens with one attached hydrogen (secondary N) is 1. The molecule has 0 spiro atoms. The number of nitrogens with zero attached hydrogens (tertiary/aromatic N) is 1. The van der Waals surface area contributed by atoms with Crippen LogP contribution in [0.1, 0.15) is 38.7 Å². The van der Waals surface area contributed by atoms with Gasteiger partial charge in [0, 0.05) is 31.4 Å². The van der Waals surface area contributed by atoms with Crippen molar-refractivity contribution in [2.75, 3.05) is 31.6 Å². The number of benzene rings is 1. The zero-order chi connectivity index (χ0) is 14.2. The van der Waals surface area contributed by atoms with Crippen LogP contribution in [0.25, 0.3) is 0 Å². The predicted molar refractivity (Wildman–Crippen MR) is 85.1 cm³/mol. The highest BCUT2D eigenvalue weighted by Gasteiger charge is 2.10. The Morgan fingerprint density at radius 1 is 1.15 bits per heavy atom. The molecule has 0 radical (unpaired) electrons. The van der Waals surface area contributed by atoms with E-state index >= 15 is 0 Å². The number of rotatable bonds is 7. The van der Waals surface area contributed by atoms with Gasteiger partial charge in [-0.2, -0.15) is 0 Å². The van der Waals surface area contributed by atoms with Crippen molar-refractivity contribution in [3.63, 3.8) is 0 Å². The molecule has 2 rings (SSSR count). The second-order valence-corrected chi connectivity index (χ2v) is 5.62. The Kier molecular flexibility index (Phi) is 6.34. The fraction of sp³-hybridized carbons (Fsp3) is 0.647. The van der Waals surface area contributed by atoms with Gasteiger partial charge in [0.2, 0.25) is 0 Å². The van der Waals surface area contributed by atoms with Gasteiger partial charge in [-0.3, -0.25) is 4.90 Å². The summed E-state index contributed by atoms with van der Waals surface area (Å²) in [4.78, 5) is 2.46. The van der Waals surface area contributed by atoms with Gasteiger partial charge in [0.25, 0.3) is 0 Å². The molecule has 0 amide bonds. The summed E-state index contributed by atoms with van der Waals surface area (Å²) >= 11 is 0. The van der Waals surface area contributed by atoms with Gasteiger partial charge < -0.3 is 10.1 Å². The van der Waals surface area contributed by atoms with Gasteiger partial charge in [-0.25, -0.2) is 0 Å². The molecular formula is C17H28N2O. The summed E-state index contributed by atoms with van der Waals surface area (Å²) in [5.74, 6) is 0. The third-order valence-corrected chi connectivity index (χ3v) is 3.96. The standard InChI is InChI=1S/C17H28N2O/c1-3-5-16(4-2)18-17-8-6-15(7-9-17)14-19-10-12-20-13-11-19/h6-9,16,18H,3-5,10-14H2,1-2H3. The van der Waals surface area contributed by atoms with Crippen molar-refractivity contribution in [1.82, 2.24) is 4.90 Å². The summed E-state index contributed by atoms with van der Waals surface area (Å²) < 4.78 is 5.38. The second kappa shape index (κ2) is 8.28. The van der Waals surface area contributed by atoms with Crippen LogP contribution in [0.5, 0.6) is 0 Å². The van der Waals surface area contributed by atoms with E-state index in [2.05, 4.69) is 48.3 Å². The molecule has 1 fully saturated rings. The summed E-state index contributed by atoms with van der Waals surface area (Å²) in [6, 6.07) is 9.53. The van der Waals surface area contributed by atoms with Crippen LogP contribution in [0, 0.1) is 0 Å². The summed E-state index contributed by atoms with van der Waals surface area (Å²) in [7, 11) is 0. The van der Waals surface area contributed by atoms with Crippen LogP contribution in [-0.4, -0.2) is 37.2 Å². The number of morpholine rings is 1. The number of hydrogen-bond acceptors (Lipinski definition) is 3. The van der Waals surface area contributed by atoms with Gasteiger partial charge in [0.1, 0.15) is 0 Å². The van der Waals surface area contributed by atoms with Crippen LogP contribution in [0.15, 0.2) is 24.3 Å². The first-order valence-electron chi connectivity index (χ1n) is 7.97. The van der Waals surface area contributed by atoms with E-state index in [1.807, 2.05) is 0 Å². The second-order valence-electron chi connectivity index (χ2n) is 5.62. The first-order valence-corrected chi connectivity index (χ1v) is 7.97. The van der Waals surface area contributed by atoms with Crippen molar-refractivity contribution in [3.8, 4) is 0 Å². The van der Waals surface area contributed by atoms with Gasteiger partial charge in [-0.05, 0) is 30.5 Å². The van der Waals surface area contributed by atoms with E-state index in [1.165, 1.54) is 30.5 Å². The normalized spacial score (nSPS) is 17.9. The van der Waals surface area contributed by atoms with Crippen molar-refractivity contribution in [2.45, 2.75) is 45.7 Å². The molecule has 0 aliphatic carbocycles. The Morgan fingerprint density at radius 2 is 1.85 bits per heavy atom. The minimum absolute atomic E-state index is 0.602. The number of anilines is 1. The minimum Gasteiger partial charge on any atom is -0.382 e. The third-order valence-electron chi connectivity index (χ3n) is 3.96. The number of hydrogen-bond donors (Lipinski definition) is 1. The Labute approximate surface area is 123 Å². The van der Waals surface area contributed by atoms with Gasteiger partial charge in [-0.15, -0.1) is 0 Å². The zero-order valence-electron chi connectivity index (χ0n) is 12.9. The Balaban J connectivity index is 1.85. The third kappa shape index (κ3) is 4.80. The zero-order valence-corrected chi connectivity index (χ0v) is 12.9. The molecule has 20 heavy (non-hydrogen) atoms. The molecule has 1 atom stereocenters. The largest absolute Gasteiger partial charge is 0.382 e. The maximum atomic E-state index is 5.38. The molecule has 0 aromatic heterocycles. The average molecular weight is 276 g/mol. The molecule has 1 aliphatic rings. The summed E-state index contributed by atoms with van der Waals surface area (Å²) in [5, 5.41) is 3.63. The van der Waals surface area contributed by atoms with Crippen LogP contribution < -0.4 is 5.32 Å². The highest BCUT2D eigenvalue weighted by molar-refractivity contribution is 5.45. The molecule has 0 bridgehead atoms. The van der Waals surface area contributed by atoms with Crippen molar-refractivity contribution in [1.29, 1.82) is 0 Å². The Morgan fingerprint density at radius 3 is 2.45 bits per heavy atom. The van der Waals surface area contributed by atoms with Gasteiger partial charge in [0.05, 0.1) is 13.2 Å². The molecule has 0 saturated carbocycles. The van der Waals surface area contributed by atoms with E-state index in [1.54, 1.807) is 0 Å². The molecule has 1 saturated heterocycles. The molecule has 1 aromatic carbocycles. The summed E-state index contributed by atoms with van der Waals surface area (Å²) in [6.45, 7) is 9.37. The molecule has 1 aromatic rings. The fourth-order valence-electron chi connectivity index (χ4n) is 2.69. The molecular weight excluding hydrogens is 248 g/mol. The van der Waals surface area contributed by atoms with E-state index in [9.17, 15) is 0 Å². The van der Waals surface area contributed by atoms with E-state index in [0.29, 0.717) is 6.04 Å². The van der Waals surface area contributed by atoms with Crippen LogP contribution in [0.3, 0.4) is 0 Å². The van der Waals surface area contributed by atoms with Crippen molar-refractivity contribution >= 4 is 5.69 Å². The highest BCUT2D eigenvalue weighted by Crippen LogP contribution is 2.15. The van der Waals surface area contributed by atoms with Gasteiger partial charge in [-0.1, -0.05) is 32.4 Å². The highest BCUT2D eigenvalue weighted by atomic mass is 16.5. The molecule has 1 unspecified atom stereocenters. The fourth-order valence-corrected chi connectivity index (χ4v) is 2.69. The Bertz CT molecular complexity index is 345. The first kappa shape index (κ1) is 15.3. The first-order chi connectivity index (χ1) is 9.81. The molecule has 112 valence electrons. The van der Waals surface area contributed by atoms with Crippen molar-refractivity contribution in [3.05, 3.63) is 29.8 Å². The maximum Gasteiger partial charge on any atom is 0.0594 e. The monoisotopic (exact) mass is 276 g/mol. The van der Waals surface area contributed by atoms with Crippen molar-refractivity contribution in [2.24, 2.45) is 0 Å². The lowest BCUT2D eigenvalue weighted by atomic mass is 10.1. The molecule has 1 aliphatic heterocycles. The van der Waals surface area contributed by atoms with E-state index in [-0.39, 0.29) is 0 Å². The van der Waals surface area contributed by atoms with E-state index < -0.39 is 0 Å². The van der Waals surface area contributed by atoms with Crippen molar-refractivity contribution < 1.29 is 4.74 Å². The quantitative estimate of drug-likeness (QED) is 0.825. The lowest BCUT2D eigenvalue weighted by Crippen LogP contribution is -2.35. The SMILES string of the molecule is CCCC(CC)Nc1ccc(CN2CCOCC2)cc1. The molecule has 3 nitrogen and oxygen atoms in total. The Hall–Kier alpha value is -1.06. The lowest BCUT2D eigenvalue weighted by molar-refractivity contribution is 0.0342. The van der Waals surface area contributed by atoms with Gasteiger partial charge in [0.15, 0.2) is 0 Å². The van der Waals surface area contributed by atoms with Crippen LogP contribution in [0.4, 0.5) is 5.69 Å². The van der Waals surface area contributed by atoms with E-state index in [4.69, 9.17) is 4.74 Å². The summed E-state index contributed by atoms with van der Waals surface area (Å²) in [6.07, 6.45) is 3.66. The van der Waals surface area contributed by atoms with E-state index in [0.717, 1.165) is 32.8 Å². The van der Waals surface area contributed by atoms with Crippen LogP contribution in [0.2, 0.25) is 0 Å². The summed E-state index contributed by atoms with van der Waals surface area (Å²) in [5.41, 5.74) is 2.64. The minimum atomic E-state index is 0.602. The van der Waals surface area contributed by atoms with Crippen LogP contribution in [-0.2, 0) is 11.3 Å². The van der Waals surface area contributed by atoms with Crippen LogP contribution >= 0.6 is 0 Å². The molecule has 1 N–H and O–H groups in total. The predicted octanol–water partition coefficient (Wildman–Crippen LogP) is 3.51. The lowest BCUT2D eigenvalue weighted by Gasteiger charge is -2.26. The maximum absolute atomic E-state index is 5.38. The average Bonchev–Trinajstić information content (AvgIpc) is 2.50. The molecule has 1 heterocycles. The van der Waals surface area contributed by atoms with Gasteiger partial charge >= 0.3 is 0 Å². The smallest absolute Gasteiger partial charge is 0.0594 e.